The Morgan fingerprint density at radius 1 is 1.39 bits per heavy atom. The molecule has 1 heterocycles. The molecule has 0 unspecified atom stereocenters. The maximum atomic E-state index is 11.5. The number of nitrogens with two attached hydrogens (primary N) is 1. The van der Waals surface area contributed by atoms with Gasteiger partial charge in [-0.15, -0.1) is 0 Å². The first kappa shape index (κ1) is 12.4. The molecular formula is C12H12ClN3O2. The molecule has 94 valence electrons. The van der Waals surface area contributed by atoms with E-state index < -0.39 is 5.97 Å². The van der Waals surface area contributed by atoms with Crippen molar-refractivity contribution in [2.75, 3.05) is 5.73 Å². The van der Waals surface area contributed by atoms with E-state index in [0.29, 0.717) is 10.8 Å². The lowest BCUT2D eigenvalue weighted by Crippen LogP contribution is -2.14. The second-order valence-electron chi connectivity index (χ2n) is 3.69. The molecular weight excluding hydrogens is 254 g/mol. The molecule has 0 aliphatic heterocycles. The largest absolute Gasteiger partial charge is 0.459 e. The van der Waals surface area contributed by atoms with Gasteiger partial charge in [-0.1, -0.05) is 29.8 Å². The van der Waals surface area contributed by atoms with Crippen molar-refractivity contribution in [3.63, 3.8) is 0 Å². The van der Waals surface area contributed by atoms with Crippen LogP contribution < -0.4 is 5.73 Å². The van der Waals surface area contributed by atoms with Gasteiger partial charge in [0, 0.05) is 16.8 Å². The summed E-state index contributed by atoms with van der Waals surface area (Å²) in [6, 6.07) is 8.82. The molecule has 1 aromatic heterocycles. The van der Waals surface area contributed by atoms with E-state index in [-0.39, 0.29) is 13.2 Å². The van der Waals surface area contributed by atoms with Gasteiger partial charge in [0.1, 0.15) is 19.0 Å². The fraction of sp³-hybridized carbons (Fsp3) is 0.167. The zero-order valence-electron chi connectivity index (χ0n) is 9.54. The first-order valence-corrected chi connectivity index (χ1v) is 5.71. The number of nitrogens with zero attached hydrogens (tertiary/aromatic N) is 2. The number of carbonyl (C=O) groups excluding carboxylic acids is 1. The van der Waals surface area contributed by atoms with Gasteiger partial charge >= 0.3 is 5.97 Å². The molecule has 0 aliphatic carbocycles. The Kier molecular flexibility index (Phi) is 3.84. The standard InChI is InChI=1S/C12H12ClN3O2/c13-10-4-2-1-3-9(10)8-18-12(17)7-16-6-5-11(14)15-16/h1-6H,7-8H2,(H2,14,15). The van der Waals surface area contributed by atoms with E-state index in [1.165, 1.54) is 4.68 Å². The molecule has 1 aromatic carbocycles. The lowest BCUT2D eigenvalue weighted by atomic mass is 10.2. The van der Waals surface area contributed by atoms with Crippen LogP contribution in [-0.4, -0.2) is 15.7 Å². The number of rotatable bonds is 4. The van der Waals surface area contributed by atoms with Crippen molar-refractivity contribution in [2.24, 2.45) is 0 Å². The Labute approximate surface area is 109 Å². The lowest BCUT2D eigenvalue weighted by molar-refractivity contribution is -0.145. The summed E-state index contributed by atoms with van der Waals surface area (Å²) in [6.07, 6.45) is 1.62. The highest BCUT2D eigenvalue weighted by molar-refractivity contribution is 6.31. The number of aromatic nitrogens is 2. The van der Waals surface area contributed by atoms with Gasteiger partial charge in [0.15, 0.2) is 0 Å². The van der Waals surface area contributed by atoms with Crippen LogP contribution in [0.3, 0.4) is 0 Å². The van der Waals surface area contributed by atoms with Crippen LogP contribution in [0, 0.1) is 0 Å². The molecule has 0 atom stereocenters. The highest BCUT2D eigenvalue weighted by atomic mass is 35.5. The average molecular weight is 266 g/mol. The van der Waals surface area contributed by atoms with Crippen LogP contribution in [0.2, 0.25) is 5.02 Å². The fourth-order valence-corrected chi connectivity index (χ4v) is 1.61. The second-order valence-corrected chi connectivity index (χ2v) is 4.10. The lowest BCUT2D eigenvalue weighted by Gasteiger charge is -2.06. The van der Waals surface area contributed by atoms with Crippen molar-refractivity contribution in [1.29, 1.82) is 0 Å². The third-order valence-electron chi connectivity index (χ3n) is 2.30. The van der Waals surface area contributed by atoms with Crippen LogP contribution >= 0.6 is 11.6 Å². The van der Waals surface area contributed by atoms with E-state index in [1.807, 2.05) is 18.2 Å². The number of ether oxygens (including phenoxy) is 1. The number of benzene rings is 1. The number of esters is 1. The zero-order chi connectivity index (χ0) is 13.0. The Morgan fingerprint density at radius 2 is 2.17 bits per heavy atom. The normalized spacial score (nSPS) is 10.3. The Balaban J connectivity index is 1.87. The minimum absolute atomic E-state index is 0.0294. The molecule has 18 heavy (non-hydrogen) atoms. The number of hydrogen-bond donors (Lipinski definition) is 1. The first-order valence-electron chi connectivity index (χ1n) is 5.33. The monoisotopic (exact) mass is 265 g/mol. The molecule has 2 rings (SSSR count). The van der Waals surface area contributed by atoms with Crippen molar-refractivity contribution in [3.8, 4) is 0 Å². The first-order chi connectivity index (χ1) is 8.65. The van der Waals surface area contributed by atoms with Gasteiger partial charge in [0.2, 0.25) is 0 Å². The smallest absolute Gasteiger partial charge is 0.328 e. The summed E-state index contributed by atoms with van der Waals surface area (Å²) in [5.74, 6) is -0.0214. The van der Waals surface area contributed by atoms with E-state index in [4.69, 9.17) is 22.1 Å². The Bertz CT molecular complexity index is 554. The quantitative estimate of drug-likeness (QED) is 0.857. The van der Waals surface area contributed by atoms with Gasteiger partial charge < -0.3 is 10.5 Å². The number of anilines is 1. The number of carbonyl (C=O) groups is 1. The van der Waals surface area contributed by atoms with Crippen molar-refractivity contribution in [2.45, 2.75) is 13.2 Å². The molecule has 0 spiro atoms. The average Bonchev–Trinajstić information content (AvgIpc) is 2.74. The van der Waals surface area contributed by atoms with Gasteiger partial charge in [-0.2, -0.15) is 5.10 Å². The Hall–Kier alpha value is -2.01. The molecule has 0 fully saturated rings. The summed E-state index contributed by atoms with van der Waals surface area (Å²) >= 11 is 5.95. The predicted molar refractivity (Wildman–Crippen MR) is 67.9 cm³/mol. The van der Waals surface area contributed by atoms with E-state index >= 15 is 0 Å². The van der Waals surface area contributed by atoms with Gasteiger partial charge in [-0.05, 0) is 12.1 Å². The summed E-state index contributed by atoms with van der Waals surface area (Å²) in [4.78, 5) is 11.5. The summed E-state index contributed by atoms with van der Waals surface area (Å²) < 4.78 is 6.52. The van der Waals surface area contributed by atoms with E-state index in [9.17, 15) is 4.79 Å². The molecule has 0 bridgehead atoms. The highest BCUT2D eigenvalue weighted by Gasteiger charge is 2.07. The molecule has 6 heteroatoms. The molecule has 0 aliphatic rings. The van der Waals surface area contributed by atoms with E-state index in [1.54, 1.807) is 18.3 Å². The molecule has 2 aromatic rings. The highest BCUT2D eigenvalue weighted by Crippen LogP contribution is 2.15. The maximum absolute atomic E-state index is 11.5. The summed E-state index contributed by atoms with van der Waals surface area (Å²) in [6.45, 7) is 0.177. The van der Waals surface area contributed by atoms with Crippen LogP contribution in [0.5, 0.6) is 0 Å². The third kappa shape index (κ3) is 3.24. The van der Waals surface area contributed by atoms with Gasteiger partial charge in [-0.3, -0.25) is 9.48 Å². The van der Waals surface area contributed by atoms with Gasteiger partial charge in [0.05, 0.1) is 0 Å². The summed E-state index contributed by atoms with van der Waals surface area (Å²) in [5.41, 5.74) is 6.21. The molecule has 0 saturated carbocycles. The number of hydrogen-bond acceptors (Lipinski definition) is 4. The molecule has 5 nitrogen and oxygen atoms in total. The topological polar surface area (TPSA) is 70.1 Å². The van der Waals surface area contributed by atoms with E-state index in [2.05, 4.69) is 5.10 Å². The van der Waals surface area contributed by atoms with Crippen LogP contribution in [0.4, 0.5) is 5.82 Å². The summed E-state index contributed by atoms with van der Waals surface area (Å²) in [7, 11) is 0. The van der Waals surface area contributed by atoms with Gasteiger partial charge in [0.25, 0.3) is 0 Å². The summed E-state index contributed by atoms with van der Waals surface area (Å²) in [5, 5.41) is 4.47. The molecule has 0 radical (unpaired) electrons. The SMILES string of the molecule is Nc1ccn(CC(=O)OCc2ccccc2Cl)n1. The number of halogens is 1. The van der Waals surface area contributed by atoms with Crippen molar-refractivity contribution in [1.82, 2.24) is 9.78 Å². The second kappa shape index (κ2) is 5.55. The van der Waals surface area contributed by atoms with Crippen LogP contribution in [0.1, 0.15) is 5.56 Å². The number of nitrogen functional groups attached to an aromatic ring is 1. The third-order valence-corrected chi connectivity index (χ3v) is 2.67. The molecule has 2 N–H and O–H groups in total. The van der Waals surface area contributed by atoms with Crippen LogP contribution in [0.25, 0.3) is 0 Å². The van der Waals surface area contributed by atoms with Crippen molar-refractivity contribution < 1.29 is 9.53 Å². The minimum Gasteiger partial charge on any atom is -0.459 e. The van der Waals surface area contributed by atoms with Gasteiger partial charge in [-0.25, -0.2) is 0 Å². The van der Waals surface area contributed by atoms with E-state index in [0.717, 1.165) is 5.56 Å². The maximum Gasteiger partial charge on any atom is 0.328 e. The fourth-order valence-electron chi connectivity index (χ4n) is 1.42. The van der Waals surface area contributed by atoms with Crippen LogP contribution in [0.15, 0.2) is 36.5 Å². The van der Waals surface area contributed by atoms with Crippen LogP contribution in [-0.2, 0) is 22.7 Å². The predicted octanol–water partition coefficient (Wildman–Crippen LogP) is 1.86. The molecule has 0 amide bonds. The van der Waals surface area contributed by atoms with Crippen molar-refractivity contribution >= 4 is 23.4 Å². The zero-order valence-corrected chi connectivity index (χ0v) is 10.3. The van der Waals surface area contributed by atoms with Crippen molar-refractivity contribution in [3.05, 3.63) is 47.1 Å². The Morgan fingerprint density at radius 3 is 2.83 bits per heavy atom. The molecule has 0 saturated heterocycles. The minimum atomic E-state index is -0.391.